The maximum Gasteiger partial charge on any atom is 0.328 e. The van der Waals surface area contributed by atoms with Crippen LogP contribution in [0.25, 0.3) is 5.57 Å². The van der Waals surface area contributed by atoms with Crippen molar-refractivity contribution in [2.24, 2.45) is 0 Å². The Hall–Kier alpha value is -2.03. The van der Waals surface area contributed by atoms with Gasteiger partial charge in [0.1, 0.15) is 5.75 Å². The summed E-state index contributed by atoms with van der Waals surface area (Å²) in [5.74, 6) is -0.138. The van der Waals surface area contributed by atoms with Crippen LogP contribution in [0.3, 0.4) is 0 Å². The number of aliphatic carboxylic acids is 1. The van der Waals surface area contributed by atoms with Crippen LogP contribution in [0, 0.1) is 0 Å². The lowest BCUT2D eigenvalue weighted by Crippen LogP contribution is -1.89. The van der Waals surface area contributed by atoms with E-state index < -0.39 is 5.97 Å². The van der Waals surface area contributed by atoms with Gasteiger partial charge in [-0.25, -0.2) is 4.79 Å². The zero-order valence-electron chi connectivity index (χ0n) is 9.86. The third-order valence-corrected chi connectivity index (χ3v) is 2.92. The average Bonchev–Trinajstić information content (AvgIpc) is 2.61. The van der Waals surface area contributed by atoms with Crippen molar-refractivity contribution in [1.82, 2.24) is 0 Å². The summed E-state index contributed by atoms with van der Waals surface area (Å²) in [6.45, 7) is 2.02. The van der Waals surface area contributed by atoms with Crippen LogP contribution in [-0.2, 0) is 11.2 Å². The van der Waals surface area contributed by atoms with Crippen LogP contribution in [-0.4, -0.2) is 18.2 Å². The molecule has 0 saturated carbocycles. The molecule has 17 heavy (non-hydrogen) atoms. The highest BCUT2D eigenvalue weighted by atomic mass is 16.5. The van der Waals surface area contributed by atoms with Crippen LogP contribution in [0.5, 0.6) is 5.75 Å². The Bertz CT molecular complexity index is 524. The fraction of sp³-hybridized carbons (Fsp3) is 0.214. The van der Waals surface area contributed by atoms with Gasteiger partial charge in [0.05, 0.1) is 7.11 Å². The number of rotatable bonds is 3. The zero-order chi connectivity index (χ0) is 12.4. The summed E-state index contributed by atoms with van der Waals surface area (Å²) >= 11 is 0. The van der Waals surface area contributed by atoms with Crippen molar-refractivity contribution in [2.75, 3.05) is 7.11 Å². The molecule has 0 saturated heterocycles. The standard InChI is InChI=1S/C14H14O3/c1-9-7-10-3-4-11(17-2)8-13(10)12(9)5-6-14(15)16/h3-6,8H,7H2,1-2H3,(H,15,16)/b6-5+. The number of benzene rings is 1. The summed E-state index contributed by atoms with van der Waals surface area (Å²) in [5, 5.41) is 8.67. The highest BCUT2D eigenvalue weighted by Gasteiger charge is 2.17. The summed E-state index contributed by atoms with van der Waals surface area (Å²) in [6, 6.07) is 5.91. The lowest BCUT2D eigenvalue weighted by molar-refractivity contribution is -0.131. The van der Waals surface area contributed by atoms with E-state index in [0.29, 0.717) is 0 Å². The number of carboxylic acids is 1. The average molecular weight is 230 g/mol. The van der Waals surface area contributed by atoms with Gasteiger partial charge in [-0.1, -0.05) is 11.6 Å². The lowest BCUT2D eigenvalue weighted by atomic mass is 10.0. The molecule has 0 radical (unpaired) electrons. The minimum absolute atomic E-state index is 0.791. The number of hydrogen-bond acceptors (Lipinski definition) is 2. The van der Waals surface area contributed by atoms with Crippen molar-refractivity contribution in [2.45, 2.75) is 13.3 Å². The van der Waals surface area contributed by atoms with Gasteiger partial charge < -0.3 is 9.84 Å². The summed E-state index contributed by atoms with van der Waals surface area (Å²) < 4.78 is 5.19. The monoisotopic (exact) mass is 230 g/mol. The Balaban J connectivity index is 2.42. The van der Waals surface area contributed by atoms with E-state index in [1.807, 2.05) is 25.1 Å². The molecule has 0 bridgehead atoms. The first-order valence-electron chi connectivity index (χ1n) is 5.40. The molecule has 3 heteroatoms. The minimum Gasteiger partial charge on any atom is -0.497 e. The molecule has 2 rings (SSSR count). The second kappa shape index (κ2) is 4.45. The summed E-state index contributed by atoms with van der Waals surface area (Å²) in [4.78, 5) is 10.6. The van der Waals surface area contributed by atoms with Crippen molar-refractivity contribution in [3.63, 3.8) is 0 Å². The second-order valence-corrected chi connectivity index (χ2v) is 4.07. The van der Waals surface area contributed by atoms with E-state index in [-0.39, 0.29) is 0 Å². The second-order valence-electron chi connectivity index (χ2n) is 4.07. The molecule has 0 aliphatic heterocycles. The largest absolute Gasteiger partial charge is 0.497 e. The van der Waals surface area contributed by atoms with E-state index >= 15 is 0 Å². The molecule has 0 spiro atoms. The number of carboxylic acid groups (broad SMARTS) is 1. The van der Waals surface area contributed by atoms with Gasteiger partial charge in [0.25, 0.3) is 0 Å². The van der Waals surface area contributed by atoms with Crippen LogP contribution in [0.15, 0.2) is 35.9 Å². The van der Waals surface area contributed by atoms with Crippen LogP contribution in [0.1, 0.15) is 18.1 Å². The van der Waals surface area contributed by atoms with Gasteiger partial charge in [-0.2, -0.15) is 0 Å². The van der Waals surface area contributed by atoms with E-state index in [4.69, 9.17) is 9.84 Å². The van der Waals surface area contributed by atoms with Gasteiger partial charge in [0, 0.05) is 6.08 Å². The molecule has 0 atom stereocenters. The molecular formula is C14H14O3. The Morgan fingerprint density at radius 3 is 2.88 bits per heavy atom. The molecule has 1 aliphatic rings. The summed E-state index contributed by atoms with van der Waals surface area (Å²) in [7, 11) is 1.63. The Morgan fingerprint density at radius 1 is 1.47 bits per heavy atom. The van der Waals surface area contributed by atoms with Gasteiger partial charge in [0.2, 0.25) is 0 Å². The highest BCUT2D eigenvalue weighted by molar-refractivity contribution is 5.89. The molecule has 1 aliphatic carbocycles. The smallest absolute Gasteiger partial charge is 0.328 e. The molecule has 0 unspecified atom stereocenters. The van der Waals surface area contributed by atoms with Crippen molar-refractivity contribution < 1.29 is 14.6 Å². The minimum atomic E-state index is -0.929. The van der Waals surface area contributed by atoms with Crippen LogP contribution in [0.2, 0.25) is 0 Å². The van der Waals surface area contributed by atoms with Crippen molar-refractivity contribution in [3.05, 3.63) is 47.1 Å². The fourth-order valence-corrected chi connectivity index (χ4v) is 2.08. The topological polar surface area (TPSA) is 46.5 Å². The lowest BCUT2D eigenvalue weighted by Gasteiger charge is -2.05. The normalized spacial score (nSPS) is 14.2. The van der Waals surface area contributed by atoms with E-state index in [9.17, 15) is 4.79 Å². The molecular weight excluding hydrogens is 216 g/mol. The number of ether oxygens (including phenoxy) is 1. The molecule has 1 N–H and O–H groups in total. The first-order chi connectivity index (χ1) is 8.11. The predicted octanol–water partition coefficient (Wildman–Crippen LogP) is 2.67. The molecule has 1 aromatic rings. The first kappa shape index (κ1) is 11.5. The Morgan fingerprint density at radius 2 is 2.24 bits per heavy atom. The molecule has 0 aromatic heterocycles. The quantitative estimate of drug-likeness (QED) is 0.812. The number of hydrogen-bond donors (Lipinski definition) is 1. The zero-order valence-corrected chi connectivity index (χ0v) is 9.86. The first-order valence-corrected chi connectivity index (χ1v) is 5.40. The predicted molar refractivity (Wildman–Crippen MR) is 66.1 cm³/mol. The van der Waals surface area contributed by atoms with Gasteiger partial charge in [-0.3, -0.25) is 0 Å². The summed E-state index contributed by atoms with van der Waals surface area (Å²) in [5.41, 5.74) is 4.46. The van der Waals surface area contributed by atoms with Crippen LogP contribution >= 0.6 is 0 Å². The van der Waals surface area contributed by atoms with Crippen molar-refractivity contribution in [3.8, 4) is 5.75 Å². The van der Waals surface area contributed by atoms with E-state index in [2.05, 4.69) is 0 Å². The number of allylic oxidation sites excluding steroid dienone is 3. The van der Waals surface area contributed by atoms with E-state index in [0.717, 1.165) is 23.3 Å². The van der Waals surface area contributed by atoms with Crippen molar-refractivity contribution in [1.29, 1.82) is 0 Å². The maximum atomic E-state index is 10.6. The maximum absolute atomic E-state index is 10.6. The third-order valence-electron chi connectivity index (χ3n) is 2.92. The van der Waals surface area contributed by atoms with E-state index in [1.165, 1.54) is 17.2 Å². The third kappa shape index (κ3) is 2.23. The SMILES string of the molecule is COc1ccc2c(c1)C(/C=C/C(=O)O)=C(C)C2. The molecule has 0 heterocycles. The molecule has 3 nitrogen and oxygen atoms in total. The van der Waals surface area contributed by atoms with Gasteiger partial charge in [-0.05, 0) is 48.3 Å². The van der Waals surface area contributed by atoms with Crippen LogP contribution < -0.4 is 4.74 Å². The van der Waals surface area contributed by atoms with Crippen LogP contribution in [0.4, 0.5) is 0 Å². The van der Waals surface area contributed by atoms with E-state index in [1.54, 1.807) is 13.2 Å². The Labute approximate surface area is 100 Å². The molecule has 1 aromatic carbocycles. The van der Waals surface area contributed by atoms with Gasteiger partial charge in [-0.15, -0.1) is 0 Å². The molecule has 0 fully saturated rings. The van der Waals surface area contributed by atoms with Gasteiger partial charge in [0.15, 0.2) is 0 Å². The highest BCUT2D eigenvalue weighted by Crippen LogP contribution is 2.35. The number of carbonyl (C=O) groups is 1. The fourth-order valence-electron chi connectivity index (χ4n) is 2.08. The molecule has 0 amide bonds. The molecule has 88 valence electrons. The number of fused-ring (bicyclic) bond motifs is 1. The van der Waals surface area contributed by atoms with Gasteiger partial charge >= 0.3 is 5.97 Å². The summed E-state index contributed by atoms with van der Waals surface area (Å²) in [6.07, 6.45) is 3.70. The number of methoxy groups -OCH3 is 1. The van der Waals surface area contributed by atoms with Crippen molar-refractivity contribution >= 4 is 11.5 Å². The Kier molecular flexibility index (Phi) is 3.00.